The third-order valence-electron chi connectivity index (χ3n) is 3.08. The van der Waals surface area contributed by atoms with Crippen molar-refractivity contribution in [2.45, 2.75) is 25.8 Å². The van der Waals surface area contributed by atoms with E-state index in [1.165, 1.54) is 26.1 Å². The molecule has 0 aliphatic carbocycles. The molecule has 1 atom stereocenters. The number of hydrogen-bond acceptors (Lipinski definition) is 4. The summed E-state index contributed by atoms with van der Waals surface area (Å²) in [5, 5.41) is 22.1. The zero-order valence-electron chi connectivity index (χ0n) is 10.8. The van der Waals surface area contributed by atoms with Gasteiger partial charge in [-0.15, -0.1) is 0 Å². The summed E-state index contributed by atoms with van der Waals surface area (Å²) in [5.41, 5.74) is -1.37. The molecule has 1 heterocycles. The molecule has 0 saturated carbocycles. The van der Waals surface area contributed by atoms with Crippen molar-refractivity contribution in [3.63, 3.8) is 0 Å². The molecule has 1 aromatic heterocycles. The number of carbonyl (C=O) groups excluding carboxylic acids is 1. The molecule has 0 bridgehead atoms. The Labute approximate surface area is 109 Å². The molecule has 0 radical (unpaired) electrons. The summed E-state index contributed by atoms with van der Waals surface area (Å²) in [6.07, 6.45) is 0.195. The predicted octanol–water partition coefficient (Wildman–Crippen LogP) is 0.916. The molecule has 1 amide bonds. The number of nitrogens with zero attached hydrogens (tertiary/aromatic N) is 2. The van der Waals surface area contributed by atoms with E-state index in [2.05, 4.69) is 5.32 Å². The molecule has 0 aromatic carbocycles. The molecule has 104 valence electrons. The summed E-state index contributed by atoms with van der Waals surface area (Å²) in [6, 6.07) is 2.48. The van der Waals surface area contributed by atoms with Gasteiger partial charge in [-0.3, -0.25) is 4.79 Å². The number of nitro groups is 1. The lowest BCUT2D eigenvalue weighted by molar-refractivity contribution is -0.391. The van der Waals surface area contributed by atoms with Crippen LogP contribution in [0.4, 0.5) is 5.82 Å². The Morgan fingerprint density at radius 1 is 1.53 bits per heavy atom. The van der Waals surface area contributed by atoms with Gasteiger partial charge in [-0.05, 0) is 24.3 Å². The van der Waals surface area contributed by atoms with Gasteiger partial charge in [0.1, 0.15) is 5.54 Å². The van der Waals surface area contributed by atoms with Crippen LogP contribution in [0, 0.1) is 10.1 Å². The quantitative estimate of drug-likeness (QED) is 0.609. The van der Waals surface area contributed by atoms with Gasteiger partial charge in [-0.1, -0.05) is 6.92 Å². The van der Waals surface area contributed by atoms with Gasteiger partial charge >= 0.3 is 11.8 Å². The molecule has 0 aliphatic heterocycles. The van der Waals surface area contributed by atoms with Crippen LogP contribution in [-0.2, 0) is 11.8 Å². The van der Waals surface area contributed by atoms with Crippen LogP contribution < -0.4 is 5.32 Å². The van der Waals surface area contributed by atoms with Crippen molar-refractivity contribution >= 4 is 17.7 Å². The lowest BCUT2D eigenvalue weighted by atomic mass is 9.99. The smallest absolute Gasteiger partial charge is 0.329 e. The van der Waals surface area contributed by atoms with Gasteiger partial charge in [-0.25, -0.2) is 9.36 Å². The van der Waals surface area contributed by atoms with Crippen LogP contribution in [0.3, 0.4) is 0 Å². The van der Waals surface area contributed by atoms with E-state index in [9.17, 15) is 19.7 Å². The van der Waals surface area contributed by atoms with Gasteiger partial charge in [0.2, 0.25) is 0 Å². The second-order valence-electron chi connectivity index (χ2n) is 4.34. The highest BCUT2D eigenvalue weighted by Gasteiger charge is 2.34. The number of hydrogen-bond donors (Lipinski definition) is 2. The third-order valence-corrected chi connectivity index (χ3v) is 3.08. The number of rotatable bonds is 5. The Morgan fingerprint density at radius 2 is 2.11 bits per heavy atom. The van der Waals surface area contributed by atoms with Crippen molar-refractivity contribution < 1.29 is 19.6 Å². The van der Waals surface area contributed by atoms with E-state index < -0.39 is 22.3 Å². The number of carboxylic acids is 1. The first kappa shape index (κ1) is 14.7. The highest BCUT2D eigenvalue weighted by Crippen LogP contribution is 2.17. The fourth-order valence-corrected chi connectivity index (χ4v) is 1.52. The Kier molecular flexibility index (Phi) is 3.93. The summed E-state index contributed by atoms with van der Waals surface area (Å²) in [7, 11) is 1.37. The average molecular weight is 269 g/mol. The zero-order chi connectivity index (χ0) is 14.8. The van der Waals surface area contributed by atoms with Gasteiger partial charge in [-0.2, -0.15) is 0 Å². The fraction of sp³-hybridized carbons (Fsp3) is 0.455. The Balaban J connectivity index is 3.02. The number of aliphatic carboxylic acids is 1. The van der Waals surface area contributed by atoms with Crippen LogP contribution in [0.25, 0.3) is 0 Å². The summed E-state index contributed by atoms with van der Waals surface area (Å²) in [5.74, 6) is -2.06. The maximum absolute atomic E-state index is 12.0. The van der Waals surface area contributed by atoms with E-state index in [0.29, 0.717) is 0 Å². The maximum Gasteiger partial charge on any atom is 0.329 e. The maximum atomic E-state index is 12.0. The van der Waals surface area contributed by atoms with E-state index in [-0.39, 0.29) is 17.9 Å². The van der Waals surface area contributed by atoms with Crippen molar-refractivity contribution in [2.24, 2.45) is 7.05 Å². The van der Waals surface area contributed by atoms with Crippen LogP contribution in [0.1, 0.15) is 30.8 Å². The summed E-state index contributed by atoms with van der Waals surface area (Å²) >= 11 is 0. The van der Waals surface area contributed by atoms with Gasteiger partial charge in [0.05, 0.1) is 7.05 Å². The summed E-state index contributed by atoms with van der Waals surface area (Å²) < 4.78 is 1.10. The SMILES string of the molecule is CCC(C)(NC(=O)c1ccc([N+](=O)[O-])n1C)C(=O)O. The summed E-state index contributed by atoms with van der Waals surface area (Å²) in [4.78, 5) is 33.1. The van der Waals surface area contributed by atoms with E-state index in [1.54, 1.807) is 6.92 Å². The van der Waals surface area contributed by atoms with Crippen molar-refractivity contribution in [2.75, 3.05) is 0 Å². The van der Waals surface area contributed by atoms with Crippen molar-refractivity contribution in [1.29, 1.82) is 0 Å². The standard InChI is InChI=1S/C11H15N3O5/c1-4-11(2,10(16)17)12-9(15)7-5-6-8(13(7)3)14(18)19/h5-6H,4H2,1-3H3,(H,12,15)(H,16,17). The van der Waals surface area contributed by atoms with Crippen molar-refractivity contribution in [1.82, 2.24) is 9.88 Å². The zero-order valence-corrected chi connectivity index (χ0v) is 10.8. The molecule has 0 spiro atoms. The molecule has 2 N–H and O–H groups in total. The first-order chi connectivity index (χ1) is 8.73. The third kappa shape index (κ3) is 2.72. The highest BCUT2D eigenvalue weighted by molar-refractivity contribution is 5.97. The van der Waals surface area contributed by atoms with Crippen LogP contribution >= 0.6 is 0 Å². The molecule has 0 saturated heterocycles. The first-order valence-electron chi connectivity index (χ1n) is 5.59. The molecule has 19 heavy (non-hydrogen) atoms. The highest BCUT2D eigenvalue weighted by atomic mass is 16.6. The normalized spacial score (nSPS) is 13.6. The second kappa shape index (κ2) is 5.09. The molecule has 1 aromatic rings. The van der Waals surface area contributed by atoms with E-state index >= 15 is 0 Å². The number of carbonyl (C=O) groups is 2. The largest absolute Gasteiger partial charge is 0.480 e. The fourth-order valence-electron chi connectivity index (χ4n) is 1.52. The topological polar surface area (TPSA) is 114 Å². The number of aromatic nitrogens is 1. The minimum absolute atomic E-state index is 0.0348. The van der Waals surface area contributed by atoms with Crippen LogP contribution in [0.5, 0.6) is 0 Å². The molecule has 1 unspecified atom stereocenters. The monoisotopic (exact) mass is 269 g/mol. The van der Waals surface area contributed by atoms with Crippen LogP contribution in [-0.4, -0.2) is 32.0 Å². The van der Waals surface area contributed by atoms with Gasteiger partial charge in [0, 0.05) is 6.07 Å². The van der Waals surface area contributed by atoms with E-state index in [0.717, 1.165) is 4.57 Å². The minimum Gasteiger partial charge on any atom is -0.480 e. The molecule has 8 heteroatoms. The summed E-state index contributed by atoms with van der Waals surface area (Å²) in [6.45, 7) is 3.01. The van der Waals surface area contributed by atoms with Gasteiger partial charge in [0.15, 0.2) is 5.69 Å². The average Bonchev–Trinajstić information content (AvgIpc) is 2.70. The van der Waals surface area contributed by atoms with E-state index in [4.69, 9.17) is 5.11 Å². The molecular weight excluding hydrogens is 254 g/mol. The lowest BCUT2D eigenvalue weighted by Gasteiger charge is -2.23. The minimum atomic E-state index is -1.41. The van der Waals surface area contributed by atoms with Crippen molar-refractivity contribution in [3.05, 3.63) is 27.9 Å². The van der Waals surface area contributed by atoms with Gasteiger partial charge < -0.3 is 20.5 Å². The molecule has 1 rings (SSSR count). The molecule has 8 nitrogen and oxygen atoms in total. The molecule has 0 aliphatic rings. The Morgan fingerprint density at radius 3 is 2.47 bits per heavy atom. The van der Waals surface area contributed by atoms with E-state index in [1.807, 2.05) is 0 Å². The second-order valence-corrected chi connectivity index (χ2v) is 4.34. The molecular formula is C11H15N3O5. The Bertz CT molecular complexity index is 536. The Hall–Kier alpha value is -2.38. The van der Waals surface area contributed by atoms with Crippen LogP contribution in [0.15, 0.2) is 12.1 Å². The van der Waals surface area contributed by atoms with Crippen LogP contribution in [0.2, 0.25) is 0 Å². The first-order valence-corrected chi connectivity index (χ1v) is 5.59. The molecule has 0 fully saturated rings. The van der Waals surface area contributed by atoms with Crippen molar-refractivity contribution in [3.8, 4) is 0 Å². The lowest BCUT2D eigenvalue weighted by Crippen LogP contribution is -2.52. The van der Waals surface area contributed by atoms with Gasteiger partial charge in [0.25, 0.3) is 5.91 Å². The predicted molar refractivity (Wildman–Crippen MR) is 65.9 cm³/mol. The number of nitrogens with one attached hydrogen (secondary N) is 1. The number of carboxylic acid groups (broad SMARTS) is 1. The number of amides is 1.